The summed E-state index contributed by atoms with van der Waals surface area (Å²) in [5.41, 5.74) is 0. The van der Waals surface area contributed by atoms with Gasteiger partial charge in [-0.2, -0.15) is 12.6 Å². The molecule has 3 N–H and O–H groups in total. The molecule has 9 nitrogen and oxygen atoms in total. The van der Waals surface area contributed by atoms with Gasteiger partial charge in [0.15, 0.2) is 9.76 Å². The summed E-state index contributed by atoms with van der Waals surface area (Å²) < 4.78 is 40.6. The lowest BCUT2D eigenvalue weighted by atomic mass is 9.98. The second-order valence-corrected chi connectivity index (χ2v) is 28.2. The Morgan fingerprint density at radius 2 is 1.07 bits per heavy atom. The summed E-state index contributed by atoms with van der Waals surface area (Å²) in [6, 6.07) is 2.68. The van der Waals surface area contributed by atoms with E-state index in [0.717, 1.165) is 69.0 Å². The summed E-state index contributed by atoms with van der Waals surface area (Å²) in [6.45, 7) is 25.6. The normalized spacial score (nSPS) is 18.3. The molecule has 58 heavy (non-hydrogen) atoms. The Morgan fingerprint density at radius 3 is 1.62 bits per heavy atom. The van der Waals surface area contributed by atoms with Gasteiger partial charge in [0.25, 0.3) is 0 Å². The molecule has 0 aromatic heterocycles. The number of rotatable bonds is 43. The van der Waals surface area contributed by atoms with Crippen LogP contribution in [-0.4, -0.2) is 113 Å². The molecule has 0 bridgehead atoms. The third kappa shape index (κ3) is 29.9. The largest absolute Gasteiger partial charge is 0.421 e. The van der Waals surface area contributed by atoms with Crippen molar-refractivity contribution >= 4 is 39.5 Å². The molecule has 8 atom stereocenters. The molecule has 0 aliphatic rings. The molecule has 350 valence electrons. The Balaban J connectivity index is 5.95. The molecule has 0 aliphatic carbocycles. The van der Waals surface area contributed by atoms with Gasteiger partial charge in [-0.3, -0.25) is 0 Å². The minimum atomic E-state index is -2.71. The number of hydrogen-bond donors (Lipinski definition) is 4. The maximum Gasteiger partial charge on any atom is 0.338 e. The van der Waals surface area contributed by atoms with Crippen LogP contribution >= 0.6 is 12.6 Å². The lowest BCUT2D eigenvalue weighted by Crippen LogP contribution is -2.47. The van der Waals surface area contributed by atoms with Crippen LogP contribution in [0.5, 0.6) is 0 Å². The third-order valence-corrected chi connectivity index (χ3v) is 19.7. The molecular formula is C45H98O9SSi3. The van der Waals surface area contributed by atoms with Gasteiger partial charge < -0.3 is 42.2 Å². The second-order valence-electron chi connectivity index (χ2n) is 19.0. The minimum absolute atomic E-state index is 0.0300. The summed E-state index contributed by atoms with van der Waals surface area (Å²) in [4.78, 5) is 0. The average Bonchev–Trinajstić information content (AvgIpc) is 3.21. The number of aliphatic hydroxyl groups is 3. The summed E-state index contributed by atoms with van der Waals surface area (Å²) >= 11 is 4.60. The van der Waals surface area contributed by atoms with Gasteiger partial charge >= 0.3 is 17.1 Å². The molecule has 0 rings (SSSR count). The number of ether oxygens (including phenoxy) is 1. The highest BCUT2D eigenvalue weighted by molar-refractivity contribution is 7.80. The van der Waals surface area contributed by atoms with Crippen molar-refractivity contribution in [3.05, 3.63) is 0 Å². The number of aliphatic hydroxyl groups excluding tert-OH is 3. The predicted molar refractivity (Wildman–Crippen MR) is 255 cm³/mol. The van der Waals surface area contributed by atoms with Crippen LogP contribution in [0.3, 0.4) is 0 Å². The van der Waals surface area contributed by atoms with Gasteiger partial charge in [0, 0.05) is 70.6 Å². The first kappa shape index (κ1) is 58.6. The van der Waals surface area contributed by atoms with Crippen molar-refractivity contribution in [2.75, 3.05) is 65.2 Å². The zero-order valence-electron chi connectivity index (χ0n) is 39.7. The van der Waals surface area contributed by atoms with E-state index >= 15 is 0 Å². The Hall–Kier alpha value is 0.641. The van der Waals surface area contributed by atoms with E-state index < -0.39 is 26.9 Å². The van der Waals surface area contributed by atoms with Crippen molar-refractivity contribution in [1.29, 1.82) is 0 Å². The van der Waals surface area contributed by atoms with Crippen LogP contribution in [0.1, 0.15) is 159 Å². The van der Waals surface area contributed by atoms with Crippen LogP contribution in [0.25, 0.3) is 0 Å². The van der Waals surface area contributed by atoms with Crippen molar-refractivity contribution in [2.24, 2.45) is 35.5 Å². The van der Waals surface area contributed by atoms with E-state index in [1.807, 2.05) is 13.8 Å². The van der Waals surface area contributed by atoms with Crippen LogP contribution in [0.4, 0.5) is 0 Å². The fourth-order valence-electron chi connectivity index (χ4n) is 7.10. The minimum Gasteiger partial charge on any atom is -0.421 e. The summed E-state index contributed by atoms with van der Waals surface area (Å²) in [7, 11) is -6.17. The molecule has 0 aromatic rings. The molecule has 0 saturated heterocycles. The molecule has 0 fully saturated rings. The van der Waals surface area contributed by atoms with E-state index in [9.17, 15) is 15.3 Å². The molecule has 0 aliphatic heterocycles. The van der Waals surface area contributed by atoms with E-state index in [2.05, 4.69) is 67.6 Å². The highest BCUT2D eigenvalue weighted by atomic mass is 32.1. The topological polar surface area (TPSA) is 116 Å². The molecule has 13 heteroatoms. The maximum absolute atomic E-state index is 10.1. The zero-order valence-corrected chi connectivity index (χ0v) is 44.0. The van der Waals surface area contributed by atoms with Crippen LogP contribution in [0.15, 0.2) is 0 Å². The second kappa shape index (κ2) is 36.0. The molecule has 0 aromatic carbocycles. The van der Waals surface area contributed by atoms with E-state index in [4.69, 9.17) is 26.9 Å². The fraction of sp³-hybridized carbons (Fsp3) is 1.00. The highest BCUT2D eigenvalue weighted by Crippen LogP contribution is 2.31. The van der Waals surface area contributed by atoms with Gasteiger partial charge in [-0.15, -0.1) is 0 Å². The molecule has 0 saturated carbocycles. The van der Waals surface area contributed by atoms with Crippen molar-refractivity contribution in [3.8, 4) is 0 Å². The molecule has 0 radical (unpaired) electrons. The van der Waals surface area contributed by atoms with Crippen LogP contribution in [0, 0.1) is 35.5 Å². The molecule has 0 spiro atoms. The molecule has 0 amide bonds. The van der Waals surface area contributed by atoms with Gasteiger partial charge in [-0.05, 0) is 73.9 Å². The smallest absolute Gasteiger partial charge is 0.338 e. The molecule has 8 unspecified atom stereocenters. The van der Waals surface area contributed by atoms with Crippen molar-refractivity contribution in [3.63, 3.8) is 0 Å². The van der Waals surface area contributed by atoms with Gasteiger partial charge in [0.1, 0.15) is 0 Å². The first-order valence-electron chi connectivity index (χ1n) is 23.9. The summed E-state index contributed by atoms with van der Waals surface area (Å²) in [5.74, 6) is 1.96. The van der Waals surface area contributed by atoms with Crippen LogP contribution in [0.2, 0.25) is 24.7 Å². The number of thiol groups is 1. The van der Waals surface area contributed by atoms with Crippen LogP contribution < -0.4 is 0 Å². The predicted octanol–water partition coefficient (Wildman–Crippen LogP) is 10.0. The Bertz CT molecular complexity index is 931. The van der Waals surface area contributed by atoms with E-state index in [-0.39, 0.29) is 48.7 Å². The Morgan fingerprint density at radius 1 is 0.552 bits per heavy atom. The lowest BCUT2D eigenvalue weighted by molar-refractivity contribution is -0.0433. The van der Waals surface area contributed by atoms with Crippen molar-refractivity contribution in [1.82, 2.24) is 0 Å². The first-order chi connectivity index (χ1) is 27.7. The Kier molecular flexibility index (Phi) is 36.4. The standard InChI is InChI=1S/C45H98O9SSi3/c1-11-13-15-17-19-21-26-57(10,52-36-42(7)31-47)51-35-40(5)23-28-58(27-22-25-55,53-37-43(8)32-48)54-38-44(9)34-49-45(29-41(6)30-46,56-50-33-39(3)4)24-20-18-16-14-12-2/h39-44,46-48,55H,11-38,56H2,1-10H3. The van der Waals surface area contributed by atoms with Gasteiger partial charge in [0.05, 0.1) is 11.8 Å². The molecule has 0 heterocycles. The number of unbranched alkanes of at least 4 members (excludes halogenated alkanes) is 9. The quantitative estimate of drug-likeness (QED) is 0.0270. The highest BCUT2D eigenvalue weighted by Gasteiger charge is 2.40. The monoisotopic (exact) mass is 899 g/mol. The van der Waals surface area contributed by atoms with E-state index in [1.54, 1.807) is 0 Å². The van der Waals surface area contributed by atoms with Gasteiger partial charge in [-0.25, -0.2) is 0 Å². The SMILES string of the molecule is CCCCCCCC[Si](C)(OCC(C)CO)OCC(C)CC[Si](CCCS)(OCC(C)CO)OCC(C)COC(CCCCCCC)(CC(C)CO)[SiH2]OCC(C)C. The van der Waals surface area contributed by atoms with Crippen molar-refractivity contribution in [2.45, 2.75) is 189 Å². The Labute approximate surface area is 369 Å². The summed E-state index contributed by atoms with van der Waals surface area (Å²) in [6.07, 6.45) is 17.1. The first-order valence-corrected chi connectivity index (χ1v) is 30.5. The fourth-order valence-corrected chi connectivity index (χ4v) is 16.0. The third-order valence-electron chi connectivity index (χ3n) is 11.2. The maximum atomic E-state index is 10.1. The molecular weight excluding hydrogens is 801 g/mol. The zero-order chi connectivity index (χ0) is 43.7. The van der Waals surface area contributed by atoms with Crippen molar-refractivity contribution < 1.29 is 42.2 Å². The average molecular weight is 900 g/mol. The van der Waals surface area contributed by atoms with E-state index in [0.29, 0.717) is 44.9 Å². The van der Waals surface area contributed by atoms with Gasteiger partial charge in [-0.1, -0.05) is 133 Å². The van der Waals surface area contributed by atoms with E-state index in [1.165, 1.54) is 57.8 Å². The van der Waals surface area contributed by atoms with Crippen LogP contribution in [-0.2, 0) is 26.9 Å². The van der Waals surface area contributed by atoms with Gasteiger partial charge in [0.2, 0.25) is 0 Å². The number of hydrogen-bond acceptors (Lipinski definition) is 10. The summed E-state index contributed by atoms with van der Waals surface area (Å²) in [5, 5.41) is 29.4. The lowest BCUT2D eigenvalue weighted by Gasteiger charge is -2.37.